The molecule has 0 heterocycles. The van der Waals surface area contributed by atoms with Gasteiger partial charge in [0.2, 0.25) is 0 Å². The zero-order valence-electron chi connectivity index (χ0n) is 12.9. The largest absolute Gasteiger partial charge is 0.495 e. The van der Waals surface area contributed by atoms with Gasteiger partial charge >= 0.3 is 0 Å². The number of sulfonamides is 1. The second kappa shape index (κ2) is 7.53. The predicted octanol–water partition coefficient (Wildman–Crippen LogP) is 1.86. The Hall–Kier alpha value is -2.98. The molecule has 1 amide bonds. The van der Waals surface area contributed by atoms with E-state index >= 15 is 0 Å². The molecule has 7 heteroatoms. The number of methoxy groups -OCH3 is 1. The third kappa shape index (κ3) is 4.06. The van der Waals surface area contributed by atoms with Gasteiger partial charge in [-0.15, -0.1) is 6.42 Å². The number of terminal acetylenes is 1. The first-order valence-electron chi connectivity index (χ1n) is 6.95. The van der Waals surface area contributed by atoms with E-state index in [1.54, 1.807) is 24.3 Å². The van der Waals surface area contributed by atoms with Crippen molar-refractivity contribution < 1.29 is 17.9 Å². The summed E-state index contributed by atoms with van der Waals surface area (Å²) >= 11 is 0. The Morgan fingerprint density at radius 3 is 2.67 bits per heavy atom. The molecule has 0 bridgehead atoms. The van der Waals surface area contributed by atoms with E-state index in [1.807, 2.05) is 0 Å². The molecule has 0 fully saturated rings. The van der Waals surface area contributed by atoms with E-state index in [-0.39, 0.29) is 17.0 Å². The van der Waals surface area contributed by atoms with Crippen molar-refractivity contribution in [3.8, 4) is 18.1 Å². The number of carbonyl (C=O) groups is 1. The summed E-state index contributed by atoms with van der Waals surface area (Å²) in [7, 11) is -2.42. The molecule has 124 valence electrons. The Morgan fingerprint density at radius 1 is 1.21 bits per heavy atom. The van der Waals surface area contributed by atoms with Crippen LogP contribution in [0.2, 0.25) is 0 Å². The van der Waals surface area contributed by atoms with Gasteiger partial charge in [0, 0.05) is 5.56 Å². The van der Waals surface area contributed by atoms with Crippen LogP contribution in [0.1, 0.15) is 10.4 Å². The Labute approximate surface area is 140 Å². The number of amides is 1. The number of rotatable bonds is 6. The van der Waals surface area contributed by atoms with Gasteiger partial charge in [0.25, 0.3) is 15.9 Å². The topological polar surface area (TPSA) is 84.5 Å². The summed E-state index contributed by atoms with van der Waals surface area (Å²) in [4.78, 5) is 11.9. The smallest absolute Gasteiger partial charge is 0.262 e. The number of hydrogen-bond donors (Lipinski definition) is 2. The van der Waals surface area contributed by atoms with Gasteiger partial charge in [0.15, 0.2) is 0 Å². The van der Waals surface area contributed by atoms with E-state index < -0.39 is 15.9 Å². The van der Waals surface area contributed by atoms with Crippen molar-refractivity contribution >= 4 is 21.6 Å². The molecule has 2 N–H and O–H groups in total. The van der Waals surface area contributed by atoms with Crippen LogP contribution in [-0.2, 0) is 10.0 Å². The highest BCUT2D eigenvalue weighted by Gasteiger charge is 2.18. The minimum Gasteiger partial charge on any atom is -0.495 e. The highest BCUT2D eigenvalue weighted by molar-refractivity contribution is 7.92. The summed E-state index contributed by atoms with van der Waals surface area (Å²) in [6.07, 6.45) is 5.08. The Balaban J connectivity index is 2.30. The van der Waals surface area contributed by atoms with Crippen molar-refractivity contribution in [1.29, 1.82) is 0 Å². The number of para-hydroxylation sites is 2. The van der Waals surface area contributed by atoms with Crippen LogP contribution in [0.4, 0.5) is 5.69 Å². The molecule has 0 aliphatic heterocycles. The van der Waals surface area contributed by atoms with Crippen molar-refractivity contribution in [2.24, 2.45) is 0 Å². The molecular weight excluding hydrogens is 328 g/mol. The summed E-state index contributed by atoms with van der Waals surface area (Å²) in [5, 5.41) is 2.48. The van der Waals surface area contributed by atoms with Gasteiger partial charge in [-0.05, 0) is 30.3 Å². The average Bonchev–Trinajstić information content (AvgIpc) is 2.60. The van der Waals surface area contributed by atoms with Gasteiger partial charge in [0.05, 0.1) is 24.2 Å². The summed E-state index contributed by atoms with van der Waals surface area (Å²) in [6, 6.07) is 12.3. The van der Waals surface area contributed by atoms with E-state index in [0.29, 0.717) is 11.4 Å². The van der Waals surface area contributed by atoms with Crippen LogP contribution in [0.25, 0.3) is 0 Å². The highest BCUT2D eigenvalue weighted by atomic mass is 32.2. The number of benzene rings is 2. The van der Waals surface area contributed by atoms with Gasteiger partial charge < -0.3 is 10.1 Å². The fourth-order valence-corrected chi connectivity index (χ4v) is 3.09. The minimum absolute atomic E-state index is 0.0400. The predicted molar refractivity (Wildman–Crippen MR) is 91.4 cm³/mol. The molecule has 0 saturated heterocycles. The first kappa shape index (κ1) is 17.4. The first-order chi connectivity index (χ1) is 11.5. The SMILES string of the molecule is C#CCNC(=O)c1cccc(S(=O)(=O)Nc2ccccc2OC)c1. The number of hydrogen-bond acceptors (Lipinski definition) is 4. The third-order valence-electron chi connectivity index (χ3n) is 3.11. The van der Waals surface area contributed by atoms with Gasteiger partial charge in [0.1, 0.15) is 5.75 Å². The normalized spacial score (nSPS) is 10.5. The molecule has 0 saturated carbocycles. The molecule has 0 aliphatic carbocycles. The van der Waals surface area contributed by atoms with Crippen molar-refractivity contribution in [2.45, 2.75) is 4.90 Å². The summed E-state index contributed by atoms with van der Waals surface area (Å²) < 4.78 is 32.6. The lowest BCUT2D eigenvalue weighted by Crippen LogP contribution is -2.24. The second-order valence-corrected chi connectivity index (χ2v) is 6.40. The summed E-state index contributed by atoms with van der Waals surface area (Å²) in [6.45, 7) is 0.0648. The molecule has 6 nitrogen and oxygen atoms in total. The lowest BCUT2D eigenvalue weighted by molar-refractivity contribution is 0.0958. The first-order valence-corrected chi connectivity index (χ1v) is 8.44. The quantitative estimate of drug-likeness (QED) is 0.784. The van der Waals surface area contributed by atoms with E-state index in [0.717, 1.165) is 0 Å². The molecule has 0 aromatic heterocycles. The lowest BCUT2D eigenvalue weighted by atomic mass is 10.2. The van der Waals surface area contributed by atoms with Crippen molar-refractivity contribution in [1.82, 2.24) is 5.32 Å². The summed E-state index contributed by atoms with van der Waals surface area (Å²) in [5.74, 6) is 2.23. The number of anilines is 1. The van der Waals surface area contributed by atoms with Crippen molar-refractivity contribution in [3.63, 3.8) is 0 Å². The Morgan fingerprint density at radius 2 is 1.96 bits per heavy atom. The maximum Gasteiger partial charge on any atom is 0.262 e. The van der Waals surface area contributed by atoms with Crippen LogP contribution in [-0.4, -0.2) is 28.0 Å². The van der Waals surface area contributed by atoms with Crippen molar-refractivity contribution in [3.05, 3.63) is 54.1 Å². The van der Waals surface area contributed by atoms with Crippen LogP contribution in [0.15, 0.2) is 53.4 Å². The molecule has 2 aromatic rings. The zero-order valence-corrected chi connectivity index (χ0v) is 13.8. The number of ether oxygens (including phenoxy) is 1. The van der Waals surface area contributed by atoms with E-state index in [4.69, 9.17) is 11.2 Å². The molecule has 2 aromatic carbocycles. The van der Waals surface area contributed by atoms with Crippen LogP contribution in [0.3, 0.4) is 0 Å². The van der Waals surface area contributed by atoms with Crippen LogP contribution in [0, 0.1) is 12.3 Å². The standard InChI is InChI=1S/C17H16N2O4S/c1-3-11-18-17(20)13-7-6-8-14(12-13)24(21,22)19-15-9-4-5-10-16(15)23-2/h1,4-10,12,19H,11H2,2H3,(H,18,20). The fraction of sp³-hybridized carbons (Fsp3) is 0.118. The van der Waals surface area contributed by atoms with E-state index in [2.05, 4.69) is 16.0 Å². The number of nitrogens with one attached hydrogen (secondary N) is 2. The van der Waals surface area contributed by atoms with Crippen LogP contribution in [0.5, 0.6) is 5.75 Å². The molecule has 0 aliphatic rings. The zero-order chi connectivity index (χ0) is 17.6. The second-order valence-electron chi connectivity index (χ2n) is 4.72. The maximum atomic E-state index is 12.5. The molecule has 24 heavy (non-hydrogen) atoms. The monoisotopic (exact) mass is 344 g/mol. The van der Waals surface area contributed by atoms with E-state index in [9.17, 15) is 13.2 Å². The molecular formula is C17H16N2O4S. The Bertz CT molecular complexity index is 885. The average molecular weight is 344 g/mol. The highest BCUT2D eigenvalue weighted by Crippen LogP contribution is 2.26. The maximum absolute atomic E-state index is 12.5. The third-order valence-corrected chi connectivity index (χ3v) is 4.47. The van der Waals surface area contributed by atoms with Gasteiger partial charge in [-0.25, -0.2) is 8.42 Å². The van der Waals surface area contributed by atoms with Gasteiger partial charge in [-0.3, -0.25) is 9.52 Å². The Kier molecular flexibility index (Phi) is 5.45. The van der Waals surface area contributed by atoms with Gasteiger partial charge in [-0.1, -0.05) is 24.1 Å². The molecule has 0 unspecified atom stereocenters. The number of carbonyl (C=O) groups excluding carboxylic acids is 1. The van der Waals surface area contributed by atoms with Gasteiger partial charge in [-0.2, -0.15) is 0 Å². The summed E-state index contributed by atoms with van der Waals surface area (Å²) in [5.41, 5.74) is 0.510. The molecule has 0 radical (unpaired) electrons. The van der Waals surface area contributed by atoms with Crippen LogP contribution < -0.4 is 14.8 Å². The molecule has 0 atom stereocenters. The lowest BCUT2D eigenvalue weighted by Gasteiger charge is -2.12. The molecule has 2 rings (SSSR count). The van der Waals surface area contributed by atoms with Crippen LogP contribution >= 0.6 is 0 Å². The van der Waals surface area contributed by atoms with Crippen molar-refractivity contribution in [2.75, 3.05) is 18.4 Å². The molecule has 0 spiro atoms. The minimum atomic E-state index is -3.87. The fourth-order valence-electron chi connectivity index (χ4n) is 1.97. The van der Waals surface area contributed by atoms with E-state index in [1.165, 1.54) is 31.4 Å².